The summed E-state index contributed by atoms with van der Waals surface area (Å²) in [5, 5.41) is 0. The first-order chi connectivity index (χ1) is 14.0. The number of benzene rings is 1. The van der Waals surface area contributed by atoms with Gasteiger partial charge in [-0.15, -0.1) is 0 Å². The summed E-state index contributed by atoms with van der Waals surface area (Å²) in [6, 6.07) is 9.85. The van der Waals surface area contributed by atoms with E-state index < -0.39 is 35.7 Å². The molecule has 1 aliphatic heterocycles. The maximum absolute atomic E-state index is 12.7. The Morgan fingerprint density at radius 1 is 1.03 bits per heavy atom. The van der Waals surface area contributed by atoms with E-state index in [-0.39, 0.29) is 12.3 Å². The predicted octanol–water partition coefficient (Wildman–Crippen LogP) is 3.90. The topological polar surface area (TPSA) is 71.1 Å². The normalized spacial score (nSPS) is 25.3. The molecule has 1 aliphatic carbocycles. The van der Waals surface area contributed by atoms with Crippen LogP contribution in [0.3, 0.4) is 0 Å². The van der Waals surface area contributed by atoms with Crippen molar-refractivity contribution in [1.29, 1.82) is 0 Å². The number of esters is 2. The van der Waals surface area contributed by atoms with E-state index >= 15 is 0 Å². The lowest BCUT2D eigenvalue weighted by atomic mass is 9.74. The van der Waals surface area contributed by atoms with E-state index in [1.165, 1.54) is 14.2 Å². The molecule has 1 aromatic carbocycles. The Kier molecular flexibility index (Phi) is 6.16. The van der Waals surface area contributed by atoms with Gasteiger partial charge in [0, 0.05) is 0 Å². The smallest absolute Gasteiger partial charge is 0.458 e. The first kappa shape index (κ1) is 22.6. The van der Waals surface area contributed by atoms with Gasteiger partial charge in [0.05, 0.1) is 25.4 Å². The molecular weight excluding hydrogens is 383 g/mol. The van der Waals surface area contributed by atoms with Gasteiger partial charge >= 0.3 is 19.1 Å². The number of methoxy groups -OCH3 is 2. The summed E-state index contributed by atoms with van der Waals surface area (Å²) in [6.45, 7) is 8.04. The fourth-order valence-corrected chi connectivity index (χ4v) is 4.36. The summed E-state index contributed by atoms with van der Waals surface area (Å²) in [5.74, 6) is -1.22. The van der Waals surface area contributed by atoms with Crippen LogP contribution in [0.1, 0.15) is 46.1 Å². The molecule has 7 heteroatoms. The van der Waals surface area contributed by atoms with Crippen LogP contribution in [-0.4, -0.2) is 44.5 Å². The van der Waals surface area contributed by atoms with Gasteiger partial charge in [0.2, 0.25) is 0 Å². The minimum absolute atomic E-state index is 0.0851. The molecule has 1 saturated heterocycles. The zero-order valence-corrected chi connectivity index (χ0v) is 18.7. The number of carbonyl (C=O) groups excluding carboxylic acids is 2. The molecule has 2 fully saturated rings. The van der Waals surface area contributed by atoms with E-state index in [2.05, 4.69) is 0 Å². The third-order valence-corrected chi connectivity index (χ3v) is 6.71. The Morgan fingerprint density at radius 3 is 2.07 bits per heavy atom. The Labute approximate surface area is 179 Å². The van der Waals surface area contributed by atoms with Crippen LogP contribution in [0.15, 0.2) is 35.9 Å². The highest BCUT2D eigenvalue weighted by molar-refractivity contribution is 6.45. The van der Waals surface area contributed by atoms with Gasteiger partial charge in [-0.1, -0.05) is 42.0 Å². The second kappa shape index (κ2) is 8.19. The molecule has 0 aromatic heterocycles. The van der Waals surface area contributed by atoms with Crippen LogP contribution in [0.4, 0.5) is 0 Å². The fraction of sp³-hybridized carbons (Fsp3) is 0.565. The molecule has 0 N–H and O–H groups in total. The summed E-state index contributed by atoms with van der Waals surface area (Å²) in [4.78, 5) is 25.4. The average molecular weight is 414 g/mol. The number of carbonyl (C=O) groups is 2. The van der Waals surface area contributed by atoms with Crippen molar-refractivity contribution in [3.8, 4) is 0 Å². The highest BCUT2D eigenvalue weighted by Gasteiger charge is 2.58. The second-order valence-electron chi connectivity index (χ2n) is 9.19. The van der Waals surface area contributed by atoms with Gasteiger partial charge < -0.3 is 18.8 Å². The third-order valence-electron chi connectivity index (χ3n) is 6.71. The van der Waals surface area contributed by atoms with Crippen molar-refractivity contribution in [3.05, 3.63) is 41.5 Å². The minimum Gasteiger partial charge on any atom is -0.468 e. The summed E-state index contributed by atoms with van der Waals surface area (Å²) in [5.41, 5.74) is -0.232. The minimum atomic E-state index is -1.35. The predicted molar refractivity (Wildman–Crippen MR) is 114 cm³/mol. The first-order valence-electron chi connectivity index (χ1n) is 10.3. The van der Waals surface area contributed by atoms with Crippen LogP contribution in [0, 0.1) is 11.3 Å². The van der Waals surface area contributed by atoms with Crippen molar-refractivity contribution in [2.75, 3.05) is 14.2 Å². The van der Waals surface area contributed by atoms with E-state index in [0.717, 1.165) is 11.1 Å². The fourth-order valence-electron chi connectivity index (χ4n) is 4.36. The van der Waals surface area contributed by atoms with Crippen LogP contribution >= 0.6 is 0 Å². The lowest BCUT2D eigenvalue weighted by Gasteiger charge is -2.32. The number of hydrogen-bond acceptors (Lipinski definition) is 6. The third kappa shape index (κ3) is 4.05. The van der Waals surface area contributed by atoms with Gasteiger partial charge in [-0.3, -0.25) is 9.59 Å². The van der Waals surface area contributed by atoms with Gasteiger partial charge in [-0.05, 0) is 58.3 Å². The molecule has 0 radical (unpaired) electrons. The number of hydrogen-bond donors (Lipinski definition) is 0. The van der Waals surface area contributed by atoms with Crippen LogP contribution in [0.25, 0.3) is 6.08 Å². The van der Waals surface area contributed by atoms with Gasteiger partial charge in [0.25, 0.3) is 0 Å². The molecule has 0 spiro atoms. The Morgan fingerprint density at radius 2 is 1.57 bits per heavy atom. The van der Waals surface area contributed by atoms with Gasteiger partial charge in [0.1, 0.15) is 0 Å². The van der Waals surface area contributed by atoms with Crippen molar-refractivity contribution in [1.82, 2.24) is 0 Å². The molecule has 1 saturated carbocycles. The quantitative estimate of drug-likeness (QED) is 0.414. The van der Waals surface area contributed by atoms with Crippen LogP contribution < -0.4 is 0 Å². The largest absolute Gasteiger partial charge is 0.468 e. The summed E-state index contributed by atoms with van der Waals surface area (Å²) >= 11 is 0. The molecule has 162 valence electrons. The molecule has 1 aromatic rings. The molecule has 0 amide bonds. The Hall–Kier alpha value is -2.12. The highest BCUT2D eigenvalue weighted by atomic mass is 16.7. The molecule has 0 bridgehead atoms. The summed E-state index contributed by atoms with van der Waals surface area (Å²) in [7, 11) is 2.18. The lowest BCUT2D eigenvalue weighted by Crippen LogP contribution is -2.41. The van der Waals surface area contributed by atoms with E-state index in [0.29, 0.717) is 12.7 Å². The van der Waals surface area contributed by atoms with E-state index in [1.54, 1.807) is 0 Å². The molecular formula is C23H31BO6. The maximum atomic E-state index is 12.7. The van der Waals surface area contributed by atoms with E-state index in [9.17, 15) is 9.59 Å². The molecule has 2 aliphatic rings. The summed E-state index contributed by atoms with van der Waals surface area (Å²) < 4.78 is 22.4. The van der Waals surface area contributed by atoms with Crippen molar-refractivity contribution in [2.24, 2.45) is 11.3 Å². The van der Waals surface area contributed by atoms with Crippen LogP contribution in [0.2, 0.25) is 6.32 Å². The van der Waals surface area contributed by atoms with Crippen molar-refractivity contribution >= 4 is 25.1 Å². The van der Waals surface area contributed by atoms with Crippen molar-refractivity contribution in [3.63, 3.8) is 0 Å². The number of allylic oxidation sites excluding steroid dienone is 1. The second-order valence-corrected chi connectivity index (χ2v) is 9.19. The molecule has 30 heavy (non-hydrogen) atoms. The van der Waals surface area contributed by atoms with E-state index in [1.807, 2.05) is 64.1 Å². The zero-order valence-electron chi connectivity index (χ0n) is 18.7. The number of ether oxygens (including phenoxy) is 2. The molecule has 1 unspecified atom stereocenters. The lowest BCUT2D eigenvalue weighted by molar-refractivity contribution is -0.168. The van der Waals surface area contributed by atoms with Crippen molar-refractivity contribution in [2.45, 2.75) is 58.1 Å². The number of rotatable bonds is 5. The highest BCUT2D eigenvalue weighted by Crippen LogP contribution is 2.51. The Balaban J connectivity index is 1.95. The monoisotopic (exact) mass is 414 g/mol. The van der Waals surface area contributed by atoms with Crippen LogP contribution in [0.5, 0.6) is 0 Å². The van der Waals surface area contributed by atoms with Gasteiger partial charge in [-0.25, -0.2) is 0 Å². The Bertz CT molecular complexity index is 797. The molecule has 1 atom stereocenters. The average Bonchev–Trinajstić information content (AvgIpc) is 3.15. The maximum Gasteiger partial charge on any atom is 0.458 e. The van der Waals surface area contributed by atoms with Crippen LogP contribution in [-0.2, 0) is 28.4 Å². The van der Waals surface area contributed by atoms with Crippen molar-refractivity contribution < 1.29 is 28.4 Å². The first-order valence-corrected chi connectivity index (χ1v) is 10.3. The van der Waals surface area contributed by atoms with Gasteiger partial charge in [0.15, 0.2) is 5.41 Å². The molecule has 6 nitrogen and oxygen atoms in total. The summed E-state index contributed by atoms with van der Waals surface area (Å²) in [6.07, 6.45) is 3.14. The molecule has 1 heterocycles. The SMILES string of the molecule is COC(=O)C1(C(=O)OC)C/C(=C\c2ccccc2)C(CB2OC(C)(C)C(C)(C)O2)C1. The molecule has 3 rings (SSSR count). The van der Waals surface area contributed by atoms with E-state index in [4.69, 9.17) is 18.8 Å². The zero-order chi connectivity index (χ0) is 22.2. The van der Waals surface area contributed by atoms with Gasteiger partial charge in [-0.2, -0.15) is 0 Å². The standard InChI is InChI=1S/C23H31BO6/c1-21(2)22(3,4)30-24(29-21)15-18-14-23(19(25)27-5,20(26)28-6)13-17(18)12-16-10-8-7-9-11-16/h7-12,18H,13-15H2,1-6H3/b17-12+.